The molecule has 0 aliphatic carbocycles. The quantitative estimate of drug-likeness (QED) is 0.724. The number of carbonyl (C=O) groups is 1. The molecule has 0 aromatic rings. The van der Waals surface area contributed by atoms with Crippen LogP contribution in [0.25, 0.3) is 0 Å². The van der Waals surface area contributed by atoms with Crippen LogP contribution in [-0.2, 0) is 4.74 Å². The molecule has 0 aromatic carbocycles. The molecule has 1 rings (SSSR count). The number of nitrogens with one attached hydrogen (secondary N) is 1. The van der Waals surface area contributed by atoms with Gasteiger partial charge in [0, 0.05) is 19.6 Å². The Morgan fingerprint density at radius 1 is 1.60 bits per heavy atom. The standard InChI is InChI=1S/C8H13F3N2O2/c1-2-15-7(14)13-4-3-12-5-6(13)8(9,10)11/h6,12H,2-5H2,1H3/t6-/m1/s1. The van der Waals surface area contributed by atoms with Crippen LogP contribution in [0.4, 0.5) is 18.0 Å². The summed E-state index contributed by atoms with van der Waals surface area (Å²) in [4.78, 5) is 12.0. The number of amides is 1. The summed E-state index contributed by atoms with van der Waals surface area (Å²) in [6.45, 7) is 1.73. The lowest BCUT2D eigenvalue weighted by molar-refractivity contribution is -0.181. The van der Waals surface area contributed by atoms with Crippen molar-refractivity contribution in [1.82, 2.24) is 10.2 Å². The number of piperazine rings is 1. The summed E-state index contributed by atoms with van der Waals surface area (Å²) in [5.74, 6) is 0. The van der Waals surface area contributed by atoms with Crippen LogP contribution in [0.1, 0.15) is 6.92 Å². The van der Waals surface area contributed by atoms with E-state index in [1.54, 1.807) is 6.92 Å². The second kappa shape index (κ2) is 4.69. The van der Waals surface area contributed by atoms with E-state index in [1.807, 2.05) is 0 Å². The summed E-state index contributed by atoms with van der Waals surface area (Å²) in [5, 5.41) is 2.60. The molecule has 0 unspecified atom stereocenters. The van der Waals surface area contributed by atoms with E-state index in [0.29, 0.717) is 6.54 Å². The van der Waals surface area contributed by atoms with Crippen LogP contribution in [-0.4, -0.2) is 49.5 Å². The predicted octanol–water partition coefficient (Wildman–Crippen LogP) is 0.979. The van der Waals surface area contributed by atoms with Gasteiger partial charge in [-0.15, -0.1) is 0 Å². The molecule has 1 fully saturated rings. The molecule has 1 heterocycles. The third-order valence-corrected chi connectivity index (χ3v) is 2.12. The molecule has 0 radical (unpaired) electrons. The number of hydrogen-bond donors (Lipinski definition) is 1. The molecule has 7 heteroatoms. The first kappa shape index (κ1) is 12.1. The number of alkyl halides is 3. The molecule has 1 N–H and O–H groups in total. The topological polar surface area (TPSA) is 41.6 Å². The van der Waals surface area contributed by atoms with Crippen LogP contribution < -0.4 is 5.32 Å². The van der Waals surface area contributed by atoms with Crippen molar-refractivity contribution in [3.63, 3.8) is 0 Å². The number of hydrogen-bond acceptors (Lipinski definition) is 3. The van der Waals surface area contributed by atoms with Crippen molar-refractivity contribution in [3.05, 3.63) is 0 Å². The van der Waals surface area contributed by atoms with E-state index < -0.39 is 18.3 Å². The lowest BCUT2D eigenvalue weighted by Crippen LogP contribution is -2.59. The Kier molecular flexibility index (Phi) is 3.78. The maximum absolute atomic E-state index is 12.5. The molecule has 1 saturated heterocycles. The Balaban J connectivity index is 2.70. The molecular formula is C8H13F3N2O2. The van der Waals surface area contributed by atoms with Gasteiger partial charge in [0.2, 0.25) is 0 Å². The first-order chi connectivity index (χ1) is 6.96. The monoisotopic (exact) mass is 226 g/mol. The minimum Gasteiger partial charge on any atom is -0.450 e. The maximum Gasteiger partial charge on any atom is 0.410 e. The van der Waals surface area contributed by atoms with Crippen molar-refractivity contribution >= 4 is 6.09 Å². The summed E-state index contributed by atoms with van der Waals surface area (Å²) in [5.41, 5.74) is 0. The van der Waals surface area contributed by atoms with Crippen LogP contribution in [0, 0.1) is 0 Å². The summed E-state index contributed by atoms with van der Waals surface area (Å²) >= 11 is 0. The van der Waals surface area contributed by atoms with E-state index in [4.69, 9.17) is 0 Å². The Morgan fingerprint density at radius 2 is 2.27 bits per heavy atom. The van der Waals surface area contributed by atoms with Gasteiger partial charge in [0.05, 0.1) is 6.61 Å². The number of halogens is 3. The smallest absolute Gasteiger partial charge is 0.410 e. The van der Waals surface area contributed by atoms with E-state index in [9.17, 15) is 18.0 Å². The molecule has 1 atom stereocenters. The van der Waals surface area contributed by atoms with Gasteiger partial charge in [0.15, 0.2) is 0 Å². The lowest BCUT2D eigenvalue weighted by atomic mass is 10.2. The SMILES string of the molecule is CCOC(=O)N1CCNC[C@@H]1C(F)(F)F. The van der Waals surface area contributed by atoms with E-state index in [0.717, 1.165) is 4.90 Å². The molecule has 0 bridgehead atoms. The minimum atomic E-state index is -4.42. The average Bonchev–Trinajstić information content (AvgIpc) is 2.17. The zero-order valence-corrected chi connectivity index (χ0v) is 8.30. The molecule has 0 saturated carbocycles. The van der Waals surface area contributed by atoms with E-state index >= 15 is 0 Å². The molecule has 15 heavy (non-hydrogen) atoms. The van der Waals surface area contributed by atoms with Crippen molar-refractivity contribution in [2.45, 2.75) is 19.1 Å². The fourth-order valence-corrected chi connectivity index (χ4v) is 1.42. The summed E-state index contributed by atoms with van der Waals surface area (Å²) in [6.07, 6.45) is -5.32. The highest BCUT2D eigenvalue weighted by molar-refractivity contribution is 5.68. The van der Waals surface area contributed by atoms with Gasteiger partial charge in [-0.3, -0.25) is 4.90 Å². The fourth-order valence-electron chi connectivity index (χ4n) is 1.42. The van der Waals surface area contributed by atoms with E-state index in [2.05, 4.69) is 10.1 Å². The van der Waals surface area contributed by atoms with Crippen LogP contribution in [0.3, 0.4) is 0 Å². The summed E-state index contributed by atoms with van der Waals surface area (Å²) in [6, 6.07) is -1.79. The molecule has 1 aliphatic heterocycles. The van der Waals surface area contributed by atoms with Crippen LogP contribution in [0.2, 0.25) is 0 Å². The van der Waals surface area contributed by atoms with E-state index in [-0.39, 0.29) is 19.7 Å². The predicted molar refractivity (Wildman–Crippen MR) is 46.4 cm³/mol. The molecule has 4 nitrogen and oxygen atoms in total. The van der Waals surface area contributed by atoms with Crippen LogP contribution >= 0.6 is 0 Å². The van der Waals surface area contributed by atoms with Gasteiger partial charge < -0.3 is 10.1 Å². The zero-order chi connectivity index (χ0) is 11.5. The second-order valence-corrected chi connectivity index (χ2v) is 3.15. The highest BCUT2D eigenvalue weighted by Gasteiger charge is 2.46. The number of nitrogens with zero attached hydrogens (tertiary/aromatic N) is 1. The fraction of sp³-hybridized carbons (Fsp3) is 0.875. The van der Waals surface area contributed by atoms with Crippen molar-refractivity contribution in [2.75, 3.05) is 26.2 Å². The number of ether oxygens (including phenoxy) is 1. The largest absolute Gasteiger partial charge is 0.450 e. The molecule has 88 valence electrons. The van der Waals surface area contributed by atoms with Crippen molar-refractivity contribution in [2.24, 2.45) is 0 Å². The minimum absolute atomic E-state index is 0.0169. The molecular weight excluding hydrogens is 213 g/mol. The first-order valence-corrected chi connectivity index (χ1v) is 4.67. The Bertz CT molecular complexity index is 232. The second-order valence-electron chi connectivity index (χ2n) is 3.15. The Labute approximate surface area is 85.4 Å². The third kappa shape index (κ3) is 2.98. The van der Waals surface area contributed by atoms with Gasteiger partial charge in [-0.05, 0) is 6.92 Å². The molecule has 1 amide bonds. The van der Waals surface area contributed by atoms with Gasteiger partial charge in [-0.2, -0.15) is 13.2 Å². The number of carbonyl (C=O) groups excluding carboxylic acids is 1. The highest BCUT2D eigenvalue weighted by Crippen LogP contribution is 2.26. The Morgan fingerprint density at radius 3 is 2.80 bits per heavy atom. The van der Waals surface area contributed by atoms with E-state index in [1.165, 1.54) is 0 Å². The zero-order valence-electron chi connectivity index (χ0n) is 8.30. The maximum atomic E-state index is 12.5. The van der Waals surface area contributed by atoms with Gasteiger partial charge in [0.1, 0.15) is 6.04 Å². The molecule has 0 spiro atoms. The van der Waals surface area contributed by atoms with Crippen molar-refractivity contribution < 1.29 is 22.7 Å². The lowest BCUT2D eigenvalue weighted by Gasteiger charge is -2.36. The van der Waals surface area contributed by atoms with Crippen molar-refractivity contribution in [1.29, 1.82) is 0 Å². The summed E-state index contributed by atoms with van der Waals surface area (Å²) in [7, 11) is 0. The first-order valence-electron chi connectivity index (χ1n) is 4.67. The highest BCUT2D eigenvalue weighted by atomic mass is 19.4. The summed E-state index contributed by atoms with van der Waals surface area (Å²) < 4.78 is 42.1. The van der Waals surface area contributed by atoms with Crippen molar-refractivity contribution in [3.8, 4) is 0 Å². The van der Waals surface area contributed by atoms with Crippen LogP contribution in [0.5, 0.6) is 0 Å². The molecule has 0 aromatic heterocycles. The van der Waals surface area contributed by atoms with Crippen LogP contribution in [0.15, 0.2) is 0 Å². The van der Waals surface area contributed by atoms with Gasteiger partial charge in [0.25, 0.3) is 0 Å². The van der Waals surface area contributed by atoms with Gasteiger partial charge in [-0.25, -0.2) is 4.79 Å². The normalized spacial score (nSPS) is 22.7. The third-order valence-electron chi connectivity index (χ3n) is 2.12. The molecule has 1 aliphatic rings. The number of rotatable bonds is 1. The Hall–Kier alpha value is -0.980. The average molecular weight is 226 g/mol. The van der Waals surface area contributed by atoms with Gasteiger partial charge >= 0.3 is 12.3 Å². The van der Waals surface area contributed by atoms with Gasteiger partial charge in [-0.1, -0.05) is 0 Å².